The van der Waals surface area contributed by atoms with Crippen molar-refractivity contribution in [2.75, 3.05) is 17.1 Å². The Hall–Kier alpha value is -3.36. The van der Waals surface area contributed by atoms with Crippen molar-refractivity contribution in [3.05, 3.63) is 101 Å². The highest BCUT2D eigenvalue weighted by Crippen LogP contribution is 2.22. The standard InChI is InChI=1S/C31H36ClN3O4S/c1-40(38,39)35(28-18-9-4-10-19-28)23-30(36)34(22-25-14-11-15-26(32)20-25)29(21-24-12-5-2-6-13-24)31(37)33-27-16-7-3-8-17-27/h2,4-6,9-15,18-20,27,29H,3,7-8,16-17,21-23H2,1H3,(H,33,37)/t29-/m0/s1. The van der Waals surface area contributed by atoms with E-state index in [0.29, 0.717) is 10.7 Å². The fraction of sp³-hybridized carbons (Fsp3) is 0.355. The van der Waals surface area contributed by atoms with Crippen LogP contribution in [0.3, 0.4) is 0 Å². The van der Waals surface area contributed by atoms with Gasteiger partial charge in [0.1, 0.15) is 12.6 Å². The van der Waals surface area contributed by atoms with Crippen LogP contribution >= 0.6 is 11.6 Å². The van der Waals surface area contributed by atoms with E-state index in [1.807, 2.05) is 36.4 Å². The molecule has 1 saturated carbocycles. The van der Waals surface area contributed by atoms with Crippen molar-refractivity contribution in [1.82, 2.24) is 10.2 Å². The van der Waals surface area contributed by atoms with Gasteiger partial charge in [-0.25, -0.2) is 8.42 Å². The van der Waals surface area contributed by atoms with Crippen molar-refractivity contribution in [3.8, 4) is 0 Å². The minimum atomic E-state index is -3.79. The number of halogens is 1. The molecule has 7 nitrogen and oxygen atoms in total. The maximum Gasteiger partial charge on any atom is 0.244 e. The van der Waals surface area contributed by atoms with Crippen LogP contribution in [0.15, 0.2) is 84.9 Å². The Balaban J connectivity index is 1.71. The summed E-state index contributed by atoms with van der Waals surface area (Å²) in [5.74, 6) is -0.717. The zero-order valence-corrected chi connectivity index (χ0v) is 24.3. The third kappa shape index (κ3) is 8.32. The molecule has 1 fully saturated rings. The molecule has 3 aromatic carbocycles. The number of rotatable bonds is 11. The first-order valence-electron chi connectivity index (χ1n) is 13.6. The average Bonchev–Trinajstić information content (AvgIpc) is 2.94. The van der Waals surface area contributed by atoms with Gasteiger partial charge in [-0.2, -0.15) is 0 Å². The lowest BCUT2D eigenvalue weighted by Gasteiger charge is -2.35. The Morgan fingerprint density at radius 2 is 1.52 bits per heavy atom. The van der Waals surface area contributed by atoms with Crippen LogP contribution in [0.5, 0.6) is 0 Å². The van der Waals surface area contributed by atoms with Gasteiger partial charge < -0.3 is 10.2 Å². The molecule has 4 rings (SSSR count). The topological polar surface area (TPSA) is 86.8 Å². The lowest BCUT2D eigenvalue weighted by molar-refractivity contribution is -0.140. The number of benzene rings is 3. The van der Waals surface area contributed by atoms with Gasteiger partial charge in [0.05, 0.1) is 11.9 Å². The average molecular weight is 582 g/mol. The largest absolute Gasteiger partial charge is 0.352 e. The van der Waals surface area contributed by atoms with E-state index in [1.54, 1.807) is 48.5 Å². The maximum absolute atomic E-state index is 14.1. The molecule has 0 bridgehead atoms. The summed E-state index contributed by atoms with van der Waals surface area (Å²) >= 11 is 6.26. The van der Waals surface area contributed by atoms with E-state index in [4.69, 9.17) is 11.6 Å². The van der Waals surface area contributed by atoms with Gasteiger partial charge in [0.15, 0.2) is 0 Å². The Morgan fingerprint density at radius 3 is 2.15 bits per heavy atom. The zero-order valence-electron chi connectivity index (χ0n) is 22.7. The molecule has 9 heteroatoms. The molecule has 0 heterocycles. The first-order valence-corrected chi connectivity index (χ1v) is 15.8. The molecule has 0 aromatic heterocycles. The molecule has 3 aromatic rings. The van der Waals surface area contributed by atoms with Crippen LogP contribution in [0, 0.1) is 0 Å². The zero-order chi connectivity index (χ0) is 28.5. The number of carbonyl (C=O) groups is 2. The fourth-order valence-electron chi connectivity index (χ4n) is 5.14. The molecular formula is C31H36ClN3O4S. The number of anilines is 1. The molecule has 1 aliphatic carbocycles. The molecule has 1 N–H and O–H groups in total. The van der Waals surface area contributed by atoms with E-state index in [1.165, 1.54) is 4.90 Å². The SMILES string of the molecule is CS(=O)(=O)N(CC(=O)N(Cc1cccc(Cl)c1)[C@@H](Cc1ccccc1)C(=O)NC1CCCCC1)c1ccccc1. The second kappa shape index (κ2) is 13.8. The van der Waals surface area contributed by atoms with E-state index in [9.17, 15) is 18.0 Å². The molecule has 2 amide bonds. The molecular weight excluding hydrogens is 546 g/mol. The lowest BCUT2D eigenvalue weighted by atomic mass is 9.94. The predicted octanol–water partition coefficient (Wildman–Crippen LogP) is 5.20. The number of para-hydroxylation sites is 1. The van der Waals surface area contributed by atoms with Gasteiger partial charge in [0.25, 0.3) is 0 Å². The van der Waals surface area contributed by atoms with Crippen LogP contribution in [0.1, 0.15) is 43.2 Å². The van der Waals surface area contributed by atoms with Crippen molar-refractivity contribution < 1.29 is 18.0 Å². The predicted molar refractivity (Wildman–Crippen MR) is 160 cm³/mol. The van der Waals surface area contributed by atoms with Gasteiger partial charge in [0, 0.05) is 24.0 Å². The first-order chi connectivity index (χ1) is 19.2. The highest BCUT2D eigenvalue weighted by molar-refractivity contribution is 7.92. The number of hydrogen-bond acceptors (Lipinski definition) is 4. The van der Waals surface area contributed by atoms with Crippen molar-refractivity contribution in [2.45, 2.75) is 57.2 Å². The van der Waals surface area contributed by atoms with Gasteiger partial charge in [-0.05, 0) is 48.2 Å². The summed E-state index contributed by atoms with van der Waals surface area (Å²) in [7, 11) is -3.79. The molecule has 0 spiro atoms. The number of nitrogens with one attached hydrogen (secondary N) is 1. The molecule has 212 valence electrons. The molecule has 0 radical (unpaired) electrons. The second-order valence-corrected chi connectivity index (χ2v) is 12.6. The lowest BCUT2D eigenvalue weighted by Crippen LogP contribution is -2.55. The summed E-state index contributed by atoms with van der Waals surface area (Å²) in [6.07, 6.45) is 6.44. The smallest absolute Gasteiger partial charge is 0.244 e. The molecule has 0 saturated heterocycles. The number of amides is 2. The first kappa shape index (κ1) is 29.6. The van der Waals surface area contributed by atoms with Gasteiger partial charge in [0.2, 0.25) is 21.8 Å². The van der Waals surface area contributed by atoms with Crippen LogP contribution in [0.25, 0.3) is 0 Å². The van der Waals surface area contributed by atoms with Gasteiger partial charge in [-0.1, -0.05) is 91.5 Å². The Morgan fingerprint density at radius 1 is 0.900 bits per heavy atom. The molecule has 1 atom stereocenters. The van der Waals surface area contributed by atoms with Crippen LogP contribution < -0.4 is 9.62 Å². The number of sulfonamides is 1. The van der Waals surface area contributed by atoms with Crippen molar-refractivity contribution in [2.24, 2.45) is 0 Å². The Labute approximate surface area is 242 Å². The van der Waals surface area contributed by atoms with Gasteiger partial charge in [-0.3, -0.25) is 13.9 Å². The third-order valence-corrected chi connectivity index (χ3v) is 8.56. The van der Waals surface area contributed by atoms with E-state index < -0.39 is 28.5 Å². The number of carbonyl (C=O) groups excluding carboxylic acids is 2. The van der Waals surface area contributed by atoms with Crippen molar-refractivity contribution in [3.63, 3.8) is 0 Å². The number of nitrogens with zero attached hydrogens (tertiary/aromatic N) is 2. The maximum atomic E-state index is 14.1. The van der Waals surface area contributed by atoms with Gasteiger partial charge in [-0.15, -0.1) is 0 Å². The molecule has 0 unspecified atom stereocenters. The Kier molecular flexibility index (Phi) is 10.2. The Bertz CT molecular complexity index is 1380. The van der Waals surface area contributed by atoms with E-state index >= 15 is 0 Å². The normalized spacial score (nSPS) is 14.8. The van der Waals surface area contributed by atoms with Crippen molar-refractivity contribution >= 4 is 39.1 Å². The minimum Gasteiger partial charge on any atom is -0.352 e. The summed E-state index contributed by atoms with van der Waals surface area (Å²) in [5, 5.41) is 3.71. The van der Waals surface area contributed by atoms with Gasteiger partial charge >= 0.3 is 0 Å². The quantitative estimate of drug-likeness (QED) is 0.337. The van der Waals surface area contributed by atoms with Crippen LogP contribution in [-0.2, 0) is 32.6 Å². The van der Waals surface area contributed by atoms with E-state index in [0.717, 1.165) is 53.8 Å². The molecule has 1 aliphatic rings. The minimum absolute atomic E-state index is 0.0551. The third-order valence-electron chi connectivity index (χ3n) is 7.19. The summed E-state index contributed by atoms with van der Waals surface area (Å²) < 4.78 is 26.7. The molecule has 0 aliphatic heterocycles. The monoisotopic (exact) mass is 581 g/mol. The summed E-state index contributed by atoms with van der Waals surface area (Å²) in [6, 6.07) is 24.4. The number of hydrogen-bond donors (Lipinski definition) is 1. The van der Waals surface area contributed by atoms with Crippen LogP contribution in [0.2, 0.25) is 5.02 Å². The summed E-state index contributed by atoms with van der Waals surface area (Å²) in [4.78, 5) is 29.5. The van der Waals surface area contributed by atoms with Crippen molar-refractivity contribution in [1.29, 1.82) is 0 Å². The summed E-state index contributed by atoms with van der Waals surface area (Å²) in [6.45, 7) is -0.340. The van der Waals surface area contributed by atoms with E-state index in [-0.39, 0.29) is 24.9 Å². The highest BCUT2D eigenvalue weighted by atomic mass is 35.5. The van der Waals surface area contributed by atoms with Crippen LogP contribution in [-0.4, -0.2) is 50.0 Å². The second-order valence-electron chi connectivity index (χ2n) is 10.3. The van der Waals surface area contributed by atoms with E-state index in [2.05, 4.69) is 5.32 Å². The molecule has 40 heavy (non-hydrogen) atoms. The highest BCUT2D eigenvalue weighted by Gasteiger charge is 2.34. The fourth-order valence-corrected chi connectivity index (χ4v) is 6.20. The summed E-state index contributed by atoms with van der Waals surface area (Å²) in [5.41, 5.74) is 2.03. The van der Waals surface area contributed by atoms with Crippen LogP contribution in [0.4, 0.5) is 5.69 Å².